The Bertz CT molecular complexity index is 1440. The van der Waals surface area contributed by atoms with Crippen molar-refractivity contribution in [3.63, 3.8) is 0 Å². The second kappa shape index (κ2) is 12.3. The number of sulfonamides is 1. The molecule has 0 radical (unpaired) electrons. The van der Waals surface area contributed by atoms with Gasteiger partial charge in [0.1, 0.15) is 0 Å². The number of pyridine rings is 1. The van der Waals surface area contributed by atoms with E-state index < -0.39 is 10.0 Å². The van der Waals surface area contributed by atoms with E-state index >= 15 is 0 Å². The molecule has 6 bridgehead atoms. The van der Waals surface area contributed by atoms with Crippen LogP contribution in [0.15, 0.2) is 54.9 Å². The average molecular weight is 571 g/mol. The summed E-state index contributed by atoms with van der Waals surface area (Å²) >= 11 is 6.46. The number of anilines is 3. The number of halogens is 1. The first-order valence-corrected chi connectivity index (χ1v) is 14.9. The summed E-state index contributed by atoms with van der Waals surface area (Å²) < 4.78 is 38.0. The quantitative estimate of drug-likeness (QED) is 0.462. The van der Waals surface area contributed by atoms with E-state index in [-0.39, 0.29) is 5.75 Å². The summed E-state index contributed by atoms with van der Waals surface area (Å²) in [5.41, 5.74) is 4.15. The molecule has 206 valence electrons. The van der Waals surface area contributed by atoms with E-state index in [0.29, 0.717) is 75.0 Å². The molecule has 4 heterocycles. The molecule has 10 nitrogen and oxygen atoms in total. The van der Waals surface area contributed by atoms with Crippen molar-refractivity contribution < 1.29 is 17.9 Å². The van der Waals surface area contributed by atoms with Gasteiger partial charge in [0, 0.05) is 60.9 Å². The predicted octanol–water partition coefficient (Wildman–Crippen LogP) is 4.26. The highest BCUT2D eigenvalue weighted by Crippen LogP contribution is 2.31. The van der Waals surface area contributed by atoms with E-state index in [1.165, 1.54) is 0 Å². The Morgan fingerprint density at radius 2 is 1.92 bits per heavy atom. The molecule has 3 aromatic rings. The molecule has 12 heteroatoms. The zero-order valence-electron chi connectivity index (χ0n) is 21.7. The number of rotatable bonds is 3. The highest BCUT2D eigenvalue weighted by Gasteiger charge is 2.26. The molecule has 5 rings (SSSR count). The summed E-state index contributed by atoms with van der Waals surface area (Å²) in [4.78, 5) is 15.5. The third-order valence-corrected chi connectivity index (χ3v) is 8.76. The van der Waals surface area contributed by atoms with Crippen molar-refractivity contribution in [1.82, 2.24) is 19.3 Å². The predicted molar refractivity (Wildman–Crippen MR) is 152 cm³/mol. The van der Waals surface area contributed by atoms with Crippen molar-refractivity contribution in [2.45, 2.75) is 20.0 Å². The maximum absolute atomic E-state index is 12.3. The van der Waals surface area contributed by atoms with Crippen molar-refractivity contribution in [2.24, 2.45) is 0 Å². The molecule has 2 aliphatic rings. The standard InChI is InChI=1S/C27H31ClN6O4S/c1-2-39(35,36)34-12-10-33(11-13-34)24-7-6-22-16-21(24)19-37-14-4-3-5-15-38-25-17-20(8-9-29-25)26-23(28)18-30-27(31-22)32-26/h3-4,6-9,16-18H,2,5,10-15,19H2,1H3,(H,30,31,32)/b4-3+. The average Bonchev–Trinajstić information content (AvgIpc) is 2.95. The zero-order valence-corrected chi connectivity index (χ0v) is 23.3. The van der Waals surface area contributed by atoms with E-state index in [0.717, 1.165) is 22.5 Å². The second-order valence-corrected chi connectivity index (χ2v) is 11.8. The maximum atomic E-state index is 12.3. The van der Waals surface area contributed by atoms with Gasteiger partial charge in [-0.3, -0.25) is 0 Å². The fraction of sp³-hybridized carbons (Fsp3) is 0.370. The van der Waals surface area contributed by atoms with Gasteiger partial charge in [-0.1, -0.05) is 23.8 Å². The number of aromatic nitrogens is 3. The lowest BCUT2D eigenvalue weighted by atomic mass is 10.1. The van der Waals surface area contributed by atoms with Crippen molar-refractivity contribution in [1.29, 1.82) is 0 Å². The van der Waals surface area contributed by atoms with Crippen LogP contribution in [0.3, 0.4) is 0 Å². The highest BCUT2D eigenvalue weighted by molar-refractivity contribution is 7.89. The van der Waals surface area contributed by atoms with Gasteiger partial charge in [-0.25, -0.2) is 23.4 Å². The van der Waals surface area contributed by atoms with Gasteiger partial charge in [-0.05, 0) is 37.6 Å². The van der Waals surface area contributed by atoms with E-state index in [9.17, 15) is 8.42 Å². The molecule has 1 aromatic carbocycles. The van der Waals surface area contributed by atoms with Crippen LogP contribution >= 0.6 is 11.6 Å². The summed E-state index contributed by atoms with van der Waals surface area (Å²) in [5, 5.41) is 3.70. The van der Waals surface area contributed by atoms with Crippen molar-refractivity contribution >= 4 is 38.9 Å². The van der Waals surface area contributed by atoms with Crippen molar-refractivity contribution in [3.05, 3.63) is 65.5 Å². The van der Waals surface area contributed by atoms with Gasteiger partial charge < -0.3 is 19.7 Å². The number of fused-ring (bicyclic) bond motifs is 7. The summed E-state index contributed by atoms with van der Waals surface area (Å²) in [5.74, 6) is 1.01. The topological polar surface area (TPSA) is 110 Å². The van der Waals surface area contributed by atoms with Crippen molar-refractivity contribution in [2.75, 3.05) is 55.4 Å². The fourth-order valence-electron chi connectivity index (χ4n) is 4.53. The number of ether oxygens (including phenoxy) is 2. The first kappa shape index (κ1) is 27.3. The Hall–Kier alpha value is -3.25. The first-order valence-electron chi connectivity index (χ1n) is 12.9. The summed E-state index contributed by atoms with van der Waals surface area (Å²) in [7, 11) is -3.20. The Balaban J connectivity index is 1.43. The normalized spacial score (nSPS) is 17.8. The third-order valence-electron chi connectivity index (χ3n) is 6.60. The zero-order chi connectivity index (χ0) is 27.2. The van der Waals surface area contributed by atoms with E-state index in [1.807, 2.05) is 42.5 Å². The van der Waals surface area contributed by atoms with E-state index in [2.05, 4.69) is 25.2 Å². The lowest BCUT2D eigenvalue weighted by Crippen LogP contribution is -2.49. The van der Waals surface area contributed by atoms with Crippen LogP contribution in [-0.4, -0.2) is 72.8 Å². The molecule has 0 unspecified atom stereocenters. The summed E-state index contributed by atoms with van der Waals surface area (Å²) in [6.07, 6.45) is 7.94. The van der Waals surface area contributed by atoms with Crippen LogP contribution in [0.25, 0.3) is 11.3 Å². The van der Waals surface area contributed by atoms with Gasteiger partial charge in [0.25, 0.3) is 0 Å². The number of benzene rings is 1. The van der Waals surface area contributed by atoms with Gasteiger partial charge >= 0.3 is 0 Å². The number of hydrogen-bond donors (Lipinski definition) is 1. The van der Waals surface area contributed by atoms with Gasteiger partial charge in [-0.15, -0.1) is 0 Å². The molecule has 2 aromatic heterocycles. The van der Waals surface area contributed by atoms with Crippen molar-refractivity contribution in [3.8, 4) is 17.1 Å². The van der Waals surface area contributed by atoms with Gasteiger partial charge in [0.15, 0.2) is 0 Å². The van der Waals surface area contributed by atoms with Crippen LogP contribution in [0.2, 0.25) is 5.02 Å². The Morgan fingerprint density at radius 3 is 2.74 bits per heavy atom. The molecule has 0 amide bonds. The summed E-state index contributed by atoms with van der Waals surface area (Å²) in [6.45, 7) is 5.13. The molecular formula is C27H31ClN6O4S. The second-order valence-electron chi connectivity index (χ2n) is 9.15. The molecule has 0 saturated carbocycles. The fourth-order valence-corrected chi connectivity index (χ4v) is 5.81. The lowest BCUT2D eigenvalue weighted by molar-refractivity contribution is 0.148. The minimum atomic E-state index is -3.20. The molecule has 0 aliphatic carbocycles. The van der Waals surface area contributed by atoms with Gasteiger partial charge in [-0.2, -0.15) is 4.31 Å². The van der Waals surface area contributed by atoms with E-state index in [1.54, 1.807) is 23.6 Å². The molecule has 2 aliphatic heterocycles. The number of nitrogens with one attached hydrogen (secondary N) is 1. The largest absolute Gasteiger partial charge is 0.477 e. The molecule has 0 atom stereocenters. The van der Waals surface area contributed by atoms with Crippen LogP contribution in [0, 0.1) is 0 Å². The molecule has 39 heavy (non-hydrogen) atoms. The maximum Gasteiger partial charge on any atom is 0.227 e. The van der Waals surface area contributed by atoms with Gasteiger partial charge in [0.2, 0.25) is 21.9 Å². The molecule has 0 spiro atoms. The molecular weight excluding hydrogens is 540 g/mol. The van der Waals surface area contributed by atoms with Crippen LogP contribution in [0.4, 0.5) is 17.3 Å². The van der Waals surface area contributed by atoms with Crippen LogP contribution in [0.5, 0.6) is 5.88 Å². The van der Waals surface area contributed by atoms with Crippen LogP contribution in [-0.2, 0) is 21.4 Å². The number of piperazine rings is 1. The van der Waals surface area contributed by atoms with E-state index in [4.69, 9.17) is 21.1 Å². The molecule has 1 N–H and O–H groups in total. The van der Waals surface area contributed by atoms with Crippen LogP contribution < -0.4 is 15.0 Å². The lowest BCUT2D eigenvalue weighted by Gasteiger charge is -2.36. The Morgan fingerprint density at radius 1 is 1.08 bits per heavy atom. The third kappa shape index (κ3) is 6.67. The SMILES string of the molecule is CCS(=O)(=O)N1CCN(c2ccc3cc2COC/C=C/CCOc2cc(ccn2)-c2nc(ncc2Cl)N3)CC1. The summed E-state index contributed by atoms with van der Waals surface area (Å²) in [6, 6.07) is 9.66. The monoisotopic (exact) mass is 570 g/mol. The molecule has 1 saturated heterocycles. The number of hydrogen-bond acceptors (Lipinski definition) is 9. The van der Waals surface area contributed by atoms with Gasteiger partial charge in [0.05, 0.1) is 42.5 Å². The smallest absolute Gasteiger partial charge is 0.227 e. The van der Waals surface area contributed by atoms with Crippen LogP contribution in [0.1, 0.15) is 18.9 Å². The minimum Gasteiger partial charge on any atom is -0.477 e. The minimum absolute atomic E-state index is 0.114. The highest BCUT2D eigenvalue weighted by atomic mass is 35.5. The number of nitrogens with zero attached hydrogens (tertiary/aromatic N) is 5. The Kier molecular flexibility index (Phi) is 8.61. The molecule has 1 fully saturated rings. The first-order chi connectivity index (χ1) is 18.9. The Labute approximate surface area is 233 Å².